The van der Waals surface area contributed by atoms with E-state index in [9.17, 15) is 0 Å². The van der Waals surface area contributed by atoms with Gasteiger partial charge in [0.2, 0.25) is 0 Å². The SMILES string of the molecule is c1ccn(Cc2c(Cn3cccc3)c(Cn3cccc3)c(Cn3cccc3)c(Cn3cccc3)c2Cn2cccc2)c1.c1ccn(Cc2c(Cn3cccc3)c(Cn3cccc3)c(Cn3cccc3)c(Cn3cccc3)c2Cn2cccc2)c1. The smallest absolute Gasteiger partial charge is 0.0477 e. The molecule has 0 aliphatic rings. The molecular formula is C72H72N12. The standard InChI is InChI=1S/2C36H36N6/c2*1-2-14-37(13-1)25-31-32(26-38-15-3-4-16-38)34(28-40-19-7-8-20-40)36(30-42-23-11-12-24-42)35(29-41-21-9-10-22-41)33(31)27-39-17-5-6-18-39/h2*1-24H,25-30H2. The highest BCUT2D eigenvalue weighted by Gasteiger charge is 2.27. The van der Waals surface area contributed by atoms with Crippen LogP contribution in [0.4, 0.5) is 0 Å². The van der Waals surface area contributed by atoms with Crippen LogP contribution in [0.15, 0.2) is 294 Å². The average Bonchev–Trinajstić information content (AvgIpc) is 2.52. The topological polar surface area (TPSA) is 59.2 Å². The molecule has 420 valence electrons. The minimum Gasteiger partial charge on any atom is -0.350 e. The highest BCUT2D eigenvalue weighted by molar-refractivity contribution is 5.55. The Morgan fingerprint density at radius 3 is 0.226 bits per heavy atom. The molecule has 0 spiro atoms. The van der Waals surface area contributed by atoms with Gasteiger partial charge in [-0.15, -0.1) is 0 Å². The van der Waals surface area contributed by atoms with Gasteiger partial charge in [-0.1, -0.05) is 0 Å². The summed E-state index contributed by atoms with van der Waals surface area (Å²) in [7, 11) is 0. The van der Waals surface area contributed by atoms with Gasteiger partial charge in [-0.25, -0.2) is 0 Å². The van der Waals surface area contributed by atoms with Crippen LogP contribution < -0.4 is 0 Å². The van der Waals surface area contributed by atoms with Crippen molar-refractivity contribution in [2.24, 2.45) is 0 Å². The van der Waals surface area contributed by atoms with Crippen molar-refractivity contribution < 1.29 is 0 Å². The van der Waals surface area contributed by atoms with Gasteiger partial charge in [0.05, 0.1) is 0 Å². The number of hydrogen-bond donors (Lipinski definition) is 0. The van der Waals surface area contributed by atoms with Gasteiger partial charge >= 0.3 is 0 Å². The molecule has 0 radical (unpaired) electrons. The first-order valence-electron chi connectivity index (χ1n) is 29.2. The number of aromatic nitrogens is 12. The quantitative estimate of drug-likeness (QED) is 0.0579. The fourth-order valence-electron chi connectivity index (χ4n) is 12.4. The van der Waals surface area contributed by atoms with E-state index in [1.165, 1.54) is 66.8 Å². The predicted molar refractivity (Wildman–Crippen MR) is 335 cm³/mol. The van der Waals surface area contributed by atoms with Crippen molar-refractivity contribution in [1.29, 1.82) is 0 Å². The largest absolute Gasteiger partial charge is 0.350 e. The predicted octanol–water partition coefficient (Wildman–Crippen LogP) is 13.6. The van der Waals surface area contributed by atoms with Gasteiger partial charge < -0.3 is 54.8 Å². The van der Waals surface area contributed by atoms with E-state index in [0.717, 1.165) is 78.5 Å². The molecule has 14 aromatic rings. The second-order valence-corrected chi connectivity index (χ2v) is 22.0. The molecule has 0 saturated carbocycles. The summed E-state index contributed by atoms with van der Waals surface area (Å²) < 4.78 is 27.8. The van der Waals surface area contributed by atoms with Crippen LogP contribution in [-0.4, -0.2) is 54.8 Å². The van der Waals surface area contributed by atoms with E-state index >= 15 is 0 Å². The average molecular weight is 1110 g/mol. The van der Waals surface area contributed by atoms with Crippen LogP contribution in [0.25, 0.3) is 0 Å². The van der Waals surface area contributed by atoms with Gasteiger partial charge in [0.25, 0.3) is 0 Å². The molecule has 0 aliphatic heterocycles. The van der Waals surface area contributed by atoms with Crippen LogP contribution in [0.2, 0.25) is 0 Å². The van der Waals surface area contributed by atoms with Crippen molar-refractivity contribution in [3.05, 3.63) is 361 Å². The molecule has 0 unspecified atom stereocenters. The van der Waals surface area contributed by atoms with E-state index in [0.29, 0.717) is 0 Å². The summed E-state index contributed by atoms with van der Waals surface area (Å²) in [6.07, 6.45) is 52.4. The number of hydrogen-bond acceptors (Lipinski definition) is 0. The first-order chi connectivity index (χ1) is 41.6. The van der Waals surface area contributed by atoms with E-state index in [1.54, 1.807) is 0 Å². The summed E-state index contributed by atoms with van der Waals surface area (Å²) in [5, 5.41) is 0. The summed E-state index contributed by atoms with van der Waals surface area (Å²) >= 11 is 0. The minimum atomic E-state index is 0.821. The summed E-state index contributed by atoms with van der Waals surface area (Å²) in [6, 6.07) is 51.0. The molecule has 0 aliphatic carbocycles. The molecule has 12 aromatic heterocycles. The van der Waals surface area contributed by atoms with Crippen molar-refractivity contribution in [2.75, 3.05) is 0 Å². The number of benzene rings is 2. The fourth-order valence-corrected chi connectivity index (χ4v) is 12.4. The molecule has 0 fully saturated rings. The van der Waals surface area contributed by atoms with Crippen LogP contribution in [0, 0.1) is 0 Å². The minimum absolute atomic E-state index is 0.821. The third-order valence-corrected chi connectivity index (χ3v) is 16.5. The van der Waals surface area contributed by atoms with E-state index in [2.05, 4.69) is 349 Å². The van der Waals surface area contributed by atoms with E-state index in [4.69, 9.17) is 0 Å². The van der Waals surface area contributed by atoms with E-state index in [1.807, 2.05) is 0 Å². The Labute approximate surface area is 492 Å². The molecule has 0 atom stereocenters. The van der Waals surface area contributed by atoms with Crippen molar-refractivity contribution in [3.8, 4) is 0 Å². The van der Waals surface area contributed by atoms with E-state index < -0.39 is 0 Å². The molecule has 12 heteroatoms. The maximum absolute atomic E-state index is 2.32. The molecule has 0 bridgehead atoms. The molecule has 84 heavy (non-hydrogen) atoms. The second kappa shape index (κ2) is 25.3. The third-order valence-electron chi connectivity index (χ3n) is 16.5. The van der Waals surface area contributed by atoms with Gasteiger partial charge in [-0.05, 0) is 212 Å². The molecule has 0 saturated heterocycles. The van der Waals surface area contributed by atoms with Crippen LogP contribution in [0.1, 0.15) is 66.8 Å². The highest BCUT2D eigenvalue weighted by atomic mass is 15.0. The van der Waals surface area contributed by atoms with Gasteiger partial charge in [0.1, 0.15) is 0 Å². The molecule has 2 aromatic carbocycles. The van der Waals surface area contributed by atoms with Crippen molar-refractivity contribution in [3.63, 3.8) is 0 Å². The summed E-state index contributed by atoms with van der Waals surface area (Å²) in [4.78, 5) is 0. The van der Waals surface area contributed by atoms with Crippen LogP contribution in [0.5, 0.6) is 0 Å². The van der Waals surface area contributed by atoms with Crippen LogP contribution in [-0.2, 0) is 78.5 Å². The molecular weight excluding hydrogens is 1030 g/mol. The molecule has 14 rings (SSSR count). The maximum Gasteiger partial charge on any atom is 0.0477 e. The second-order valence-electron chi connectivity index (χ2n) is 22.0. The van der Waals surface area contributed by atoms with E-state index in [-0.39, 0.29) is 0 Å². The van der Waals surface area contributed by atoms with Gasteiger partial charge in [0, 0.05) is 227 Å². The Balaban J connectivity index is 0.000000157. The fraction of sp³-hybridized carbons (Fsp3) is 0.167. The lowest BCUT2D eigenvalue weighted by Crippen LogP contribution is -2.22. The molecule has 12 heterocycles. The Hall–Kier alpha value is -10.2. The van der Waals surface area contributed by atoms with Crippen molar-refractivity contribution in [2.45, 2.75) is 78.5 Å². The third kappa shape index (κ3) is 12.5. The first kappa shape index (κ1) is 53.1. The molecule has 0 amide bonds. The normalized spacial score (nSPS) is 11.4. The summed E-state index contributed by atoms with van der Waals surface area (Å²) in [5.74, 6) is 0. The van der Waals surface area contributed by atoms with Gasteiger partial charge in [0.15, 0.2) is 0 Å². The van der Waals surface area contributed by atoms with Crippen molar-refractivity contribution in [1.82, 2.24) is 54.8 Å². The van der Waals surface area contributed by atoms with Gasteiger partial charge in [-0.2, -0.15) is 0 Å². The number of nitrogens with zero attached hydrogens (tertiary/aromatic N) is 12. The molecule has 12 nitrogen and oxygen atoms in total. The number of rotatable bonds is 24. The Kier molecular flexibility index (Phi) is 16.0. The highest BCUT2D eigenvalue weighted by Crippen LogP contribution is 2.36. The Morgan fingerprint density at radius 1 is 0.107 bits per heavy atom. The van der Waals surface area contributed by atoms with Gasteiger partial charge in [-0.3, -0.25) is 0 Å². The zero-order chi connectivity index (χ0) is 56.3. The lowest BCUT2D eigenvalue weighted by atomic mass is 9.85. The monoisotopic (exact) mass is 1100 g/mol. The zero-order valence-electron chi connectivity index (χ0n) is 47.6. The van der Waals surface area contributed by atoms with Crippen molar-refractivity contribution >= 4 is 0 Å². The molecule has 0 N–H and O–H groups in total. The zero-order valence-corrected chi connectivity index (χ0v) is 47.6. The summed E-state index contributed by atoms with van der Waals surface area (Å²) in [6.45, 7) is 9.85. The van der Waals surface area contributed by atoms with Crippen LogP contribution in [0.3, 0.4) is 0 Å². The Morgan fingerprint density at radius 2 is 0.167 bits per heavy atom. The first-order valence-corrected chi connectivity index (χ1v) is 29.2. The summed E-state index contributed by atoms with van der Waals surface area (Å²) in [5.41, 5.74) is 16.9. The van der Waals surface area contributed by atoms with Crippen LogP contribution >= 0.6 is 0 Å². The Bertz CT molecular complexity index is 3100. The lowest BCUT2D eigenvalue weighted by Gasteiger charge is -2.29. The lowest BCUT2D eigenvalue weighted by molar-refractivity contribution is 0.666. The maximum atomic E-state index is 2.32.